The predicted octanol–water partition coefficient (Wildman–Crippen LogP) is 2.62. The van der Waals surface area contributed by atoms with Gasteiger partial charge in [0.25, 0.3) is 0 Å². The Balaban J connectivity index is 1.33. The third kappa shape index (κ3) is 3.65. The van der Waals surface area contributed by atoms with Crippen LogP contribution in [0.3, 0.4) is 0 Å². The number of nitrogens with zero attached hydrogens (tertiary/aromatic N) is 6. The van der Waals surface area contributed by atoms with Crippen LogP contribution in [0.25, 0.3) is 27.6 Å². The molecule has 1 saturated heterocycles. The SMILES string of the molecule is N#CCC(N/C=C(\C=N)c1ncnc2[nH]ccc12)C1CCN(c2ncc3cc[nH]c3n2)C1. The molecule has 1 aliphatic heterocycles. The van der Waals surface area contributed by atoms with Crippen molar-refractivity contribution < 1.29 is 0 Å². The molecule has 10 heteroatoms. The maximum absolute atomic E-state index is 9.40. The standard InChI is InChI=1S/C22H22N10/c23-5-1-18(27-11-16(9-24)19-17-3-7-26-21(17)30-13-29-19)15-4-8-32(12-15)22-28-10-14-2-6-25-20(14)31-22/h2-3,6-7,9-11,13,15,18,24,27H,1,4,8,12H2,(H,25,28,31)(H,26,29,30)/b16-11+,24-9?. The van der Waals surface area contributed by atoms with Crippen LogP contribution in [0.4, 0.5) is 5.95 Å². The minimum absolute atomic E-state index is 0.0577. The third-order valence-electron chi connectivity index (χ3n) is 5.91. The van der Waals surface area contributed by atoms with Crippen LogP contribution in [0.15, 0.2) is 43.3 Å². The van der Waals surface area contributed by atoms with Gasteiger partial charge < -0.3 is 25.6 Å². The average Bonchev–Trinajstić information content (AvgIpc) is 3.58. The Hall–Kier alpha value is -4.26. The van der Waals surface area contributed by atoms with Gasteiger partial charge in [0, 0.05) is 66.5 Å². The highest BCUT2D eigenvalue weighted by Gasteiger charge is 2.30. The van der Waals surface area contributed by atoms with E-state index in [1.165, 1.54) is 12.5 Å². The molecule has 10 nitrogen and oxygen atoms in total. The molecule has 4 aromatic heterocycles. The second-order valence-corrected chi connectivity index (χ2v) is 7.79. The maximum Gasteiger partial charge on any atom is 0.227 e. The van der Waals surface area contributed by atoms with Crippen molar-refractivity contribution in [1.82, 2.24) is 35.2 Å². The number of rotatable bonds is 7. The van der Waals surface area contributed by atoms with Gasteiger partial charge in [-0.15, -0.1) is 0 Å². The second-order valence-electron chi connectivity index (χ2n) is 7.79. The van der Waals surface area contributed by atoms with Gasteiger partial charge in [0.05, 0.1) is 18.2 Å². The number of hydrogen-bond donors (Lipinski definition) is 4. The molecule has 4 aromatic rings. The highest BCUT2D eigenvalue weighted by atomic mass is 15.3. The second kappa shape index (κ2) is 8.47. The summed E-state index contributed by atoms with van der Waals surface area (Å²) in [5, 5.41) is 22.5. The summed E-state index contributed by atoms with van der Waals surface area (Å²) in [7, 11) is 0. The summed E-state index contributed by atoms with van der Waals surface area (Å²) in [6, 6.07) is 6.08. The Morgan fingerprint density at radius 1 is 1.28 bits per heavy atom. The molecule has 5 rings (SSSR count). The zero-order valence-corrected chi connectivity index (χ0v) is 17.3. The molecule has 0 aliphatic carbocycles. The Morgan fingerprint density at radius 3 is 3.03 bits per heavy atom. The van der Waals surface area contributed by atoms with E-state index in [-0.39, 0.29) is 12.0 Å². The number of aromatic amines is 2. The van der Waals surface area contributed by atoms with Crippen molar-refractivity contribution >= 4 is 39.8 Å². The van der Waals surface area contributed by atoms with Crippen molar-refractivity contribution in [2.24, 2.45) is 5.92 Å². The van der Waals surface area contributed by atoms with E-state index in [2.05, 4.69) is 46.2 Å². The van der Waals surface area contributed by atoms with Gasteiger partial charge in [-0.2, -0.15) is 10.2 Å². The first-order chi connectivity index (χ1) is 15.8. The zero-order chi connectivity index (χ0) is 21.9. The zero-order valence-electron chi connectivity index (χ0n) is 17.3. The van der Waals surface area contributed by atoms with Crippen molar-refractivity contribution in [1.29, 1.82) is 10.7 Å². The molecule has 0 amide bonds. The quantitative estimate of drug-likeness (QED) is 0.332. The van der Waals surface area contributed by atoms with Crippen LogP contribution in [0, 0.1) is 22.7 Å². The lowest BCUT2D eigenvalue weighted by Gasteiger charge is -2.23. The monoisotopic (exact) mass is 426 g/mol. The van der Waals surface area contributed by atoms with E-state index in [0.29, 0.717) is 23.6 Å². The molecule has 32 heavy (non-hydrogen) atoms. The molecule has 0 saturated carbocycles. The molecule has 0 radical (unpaired) electrons. The highest BCUT2D eigenvalue weighted by molar-refractivity contribution is 6.11. The molecular weight excluding hydrogens is 404 g/mol. The summed E-state index contributed by atoms with van der Waals surface area (Å²) in [5.74, 6) is 0.947. The Morgan fingerprint density at radius 2 is 2.16 bits per heavy atom. The van der Waals surface area contributed by atoms with Gasteiger partial charge >= 0.3 is 0 Å². The predicted molar refractivity (Wildman–Crippen MR) is 122 cm³/mol. The average molecular weight is 426 g/mol. The minimum Gasteiger partial charge on any atom is -0.386 e. The summed E-state index contributed by atoms with van der Waals surface area (Å²) in [6.45, 7) is 1.59. The van der Waals surface area contributed by atoms with Gasteiger partial charge in [-0.05, 0) is 24.5 Å². The van der Waals surface area contributed by atoms with E-state index >= 15 is 0 Å². The molecule has 4 N–H and O–H groups in total. The van der Waals surface area contributed by atoms with E-state index in [1.54, 1.807) is 12.4 Å². The van der Waals surface area contributed by atoms with E-state index in [0.717, 1.165) is 41.6 Å². The Labute approximate surface area is 183 Å². The normalized spacial score (nSPS) is 17.5. The van der Waals surface area contributed by atoms with Gasteiger partial charge in [-0.3, -0.25) is 0 Å². The molecule has 2 atom stereocenters. The lowest BCUT2D eigenvalue weighted by Crippen LogP contribution is -2.35. The number of nitriles is 1. The summed E-state index contributed by atoms with van der Waals surface area (Å²) >= 11 is 0. The molecule has 0 bridgehead atoms. The lowest BCUT2D eigenvalue weighted by atomic mass is 9.96. The van der Waals surface area contributed by atoms with Crippen LogP contribution < -0.4 is 10.2 Å². The topological polar surface area (TPSA) is 146 Å². The van der Waals surface area contributed by atoms with Gasteiger partial charge in [-0.1, -0.05) is 0 Å². The number of allylic oxidation sites excluding steroid dienone is 1. The van der Waals surface area contributed by atoms with Crippen LogP contribution in [0.5, 0.6) is 0 Å². The summed E-state index contributed by atoms with van der Waals surface area (Å²) < 4.78 is 0. The summed E-state index contributed by atoms with van der Waals surface area (Å²) in [6.07, 6.45) is 11.3. The van der Waals surface area contributed by atoms with Gasteiger partial charge in [-0.25, -0.2) is 15.0 Å². The number of H-pyrrole nitrogens is 2. The van der Waals surface area contributed by atoms with E-state index in [1.807, 2.05) is 24.5 Å². The number of fused-ring (bicyclic) bond motifs is 2. The summed E-state index contributed by atoms with van der Waals surface area (Å²) in [4.78, 5) is 26.0. The fourth-order valence-electron chi connectivity index (χ4n) is 4.22. The summed E-state index contributed by atoms with van der Waals surface area (Å²) in [5.41, 5.74) is 2.86. The Bertz CT molecular complexity index is 1330. The molecule has 1 aliphatic rings. The van der Waals surface area contributed by atoms with Gasteiger partial charge in [0.1, 0.15) is 17.6 Å². The van der Waals surface area contributed by atoms with Crippen LogP contribution >= 0.6 is 0 Å². The number of anilines is 1. The van der Waals surface area contributed by atoms with Crippen LogP contribution in [0.2, 0.25) is 0 Å². The van der Waals surface area contributed by atoms with Crippen molar-refractivity contribution in [3.63, 3.8) is 0 Å². The van der Waals surface area contributed by atoms with Crippen molar-refractivity contribution in [2.75, 3.05) is 18.0 Å². The van der Waals surface area contributed by atoms with Crippen LogP contribution in [-0.2, 0) is 0 Å². The van der Waals surface area contributed by atoms with E-state index in [9.17, 15) is 5.26 Å². The molecule has 0 aromatic carbocycles. The highest BCUT2D eigenvalue weighted by Crippen LogP contribution is 2.26. The molecular formula is C22H22N10. The maximum atomic E-state index is 9.40. The van der Waals surface area contributed by atoms with Crippen molar-refractivity contribution in [2.45, 2.75) is 18.9 Å². The smallest absolute Gasteiger partial charge is 0.227 e. The first-order valence-corrected chi connectivity index (χ1v) is 10.4. The van der Waals surface area contributed by atoms with Crippen LogP contribution in [0.1, 0.15) is 18.5 Å². The third-order valence-corrected chi connectivity index (χ3v) is 5.91. The van der Waals surface area contributed by atoms with E-state index < -0.39 is 0 Å². The molecule has 160 valence electrons. The molecule has 0 spiro atoms. The lowest BCUT2D eigenvalue weighted by molar-refractivity contribution is 0.418. The fraction of sp³-hybridized carbons (Fsp3) is 0.273. The largest absolute Gasteiger partial charge is 0.386 e. The molecule has 1 fully saturated rings. The van der Waals surface area contributed by atoms with Crippen molar-refractivity contribution in [3.05, 3.63) is 48.9 Å². The van der Waals surface area contributed by atoms with Gasteiger partial charge in [0.15, 0.2) is 0 Å². The molecule has 5 heterocycles. The molecule has 2 unspecified atom stereocenters. The first kappa shape index (κ1) is 19.7. The van der Waals surface area contributed by atoms with Crippen molar-refractivity contribution in [3.8, 4) is 6.07 Å². The van der Waals surface area contributed by atoms with Gasteiger partial charge in [0.2, 0.25) is 5.95 Å². The Kier molecular flexibility index (Phi) is 5.21. The first-order valence-electron chi connectivity index (χ1n) is 10.4. The number of hydrogen-bond acceptors (Lipinski definition) is 8. The van der Waals surface area contributed by atoms with E-state index in [4.69, 9.17) is 5.41 Å². The minimum atomic E-state index is -0.0577. The number of aromatic nitrogens is 6. The fourth-order valence-corrected chi connectivity index (χ4v) is 4.22. The van der Waals surface area contributed by atoms with Crippen LogP contribution in [-0.4, -0.2) is 55.2 Å². The number of nitrogens with one attached hydrogen (secondary N) is 4.